The molecular weight excluding hydrogens is 284 g/mol. The molecule has 3 aromatic rings. The van der Waals surface area contributed by atoms with Gasteiger partial charge in [0.25, 0.3) is 5.91 Å². The summed E-state index contributed by atoms with van der Waals surface area (Å²) in [7, 11) is 2.03. The topological polar surface area (TPSA) is 33.5 Å². The monoisotopic (exact) mass is 305 g/mol. The van der Waals surface area contributed by atoms with E-state index in [0.29, 0.717) is 6.54 Å². The summed E-state index contributed by atoms with van der Waals surface area (Å²) in [5.74, 6) is 0.0358. The zero-order chi connectivity index (χ0) is 16.1. The van der Waals surface area contributed by atoms with E-state index in [-0.39, 0.29) is 5.91 Å². The van der Waals surface area contributed by atoms with Gasteiger partial charge in [0.05, 0.1) is 7.05 Å². The number of anilines is 1. The highest BCUT2D eigenvalue weighted by Gasteiger charge is 2.11. The highest BCUT2D eigenvalue weighted by atomic mass is 16.2. The summed E-state index contributed by atoms with van der Waals surface area (Å²) in [6.07, 6.45) is 0. The molecule has 3 aromatic carbocycles. The minimum Gasteiger partial charge on any atom is -0.326 e. The predicted octanol–water partition coefficient (Wildman–Crippen LogP) is 2.49. The minimum atomic E-state index is 0.0358. The van der Waals surface area contributed by atoms with Crippen LogP contribution in [0.15, 0.2) is 72.8 Å². The van der Waals surface area contributed by atoms with Crippen LogP contribution in [0.2, 0.25) is 0 Å². The van der Waals surface area contributed by atoms with Crippen LogP contribution in [-0.4, -0.2) is 19.5 Å². The van der Waals surface area contributed by atoms with Gasteiger partial charge in [-0.15, -0.1) is 0 Å². The Bertz CT molecular complexity index is 799. The SMILES string of the molecule is C[NH+](CC(=O)Nc1ccc2ccccc2c1)Cc1ccccc1. The Morgan fingerprint density at radius 1 is 0.913 bits per heavy atom. The third-order valence-electron chi connectivity index (χ3n) is 3.84. The van der Waals surface area contributed by atoms with Gasteiger partial charge in [0.1, 0.15) is 6.54 Å². The molecule has 1 atom stereocenters. The molecule has 2 N–H and O–H groups in total. The fraction of sp³-hybridized carbons (Fsp3) is 0.150. The van der Waals surface area contributed by atoms with Crippen LogP contribution in [-0.2, 0) is 11.3 Å². The van der Waals surface area contributed by atoms with Gasteiger partial charge in [-0.05, 0) is 22.9 Å². The highest BCUT2D eigenvalue weighted by molar-refractivity contribution is 5.94. The van der Waals surface area contributed by atoms with Gasteiger partial charge in [-0.25, -0.2) is 0 Å². The van der Waals surface area contributed by atoms with Gasteiger partial charge in [-0.2, -0.15) is 0 Å². The van der Waals surface area contributed by atoms with Gasteiger partial charge < -0.3 is 10.2 Å². The lowest BCUT2D eigenvalue weighted by atomic mass is 10.1. The van der Waals surface area contributed by atoms with E-state index >= 15 is 0 Å². The molecule has 0 aliphatic carbocycles. The summed E-state index contributed by atoms with van der Waals surface area (Å²) in [6, 6.07) is 24.4. The van der Waals surface area contributed by atoms with Crippen molar-refractivity contribution in [2.45, 2.75) is 6.54 Å². The Balaban J connectivity index is 1.59. The van der Waals surface area contributed by atoms with Crippen molar-refractivity contribution in [1.29, 1.82) is 0 Å². The van der Waals surface area contributed by atoms with E-state index in [1.54, 1.807) is 0 Å². The summed E-state index contributed by atoms with van der Waals surface area (Å²) in [5.41, 5.74) is 2.09. The number of carbonyl (C=O) groups excluding carboxylic acids is 1. The van der Waals surface area contributed by atoms with E-state index < -0.39 is 0 Å². The fourth-order valence-corrected chi connectivity index (χ4v) is 2.75. The molecule has 0 saturated carbocycles. The number of rotatable bonds is 5. The number of likely N-dealkylation sites (N-methyl/N-ethyl adjacent to an activating group) is 1. The first-order chi connectivity index (χ1) is 11.2. The van der Waals surface area contributed by atoms with Crippen LogP contribution < -0.4 is 10.2 Å². The van der Waals surface area contributed by atoms with Crippen LogP contribution in [0.5, 0.6) is 0 Å². The summed E-state index contributed by atoms with van der Waals surface area (Å²) in [4.78, 5) is 13.4. The van der Waals surface area contributed by atoms with E-state index in [2.05, 4.69) is 29.6 Å². The lowest BCUT2D eigenvalue weighted by Gasteiger charge is -2.14. The molecule has 0 spiro atoms. The Morgan fingerprint density at radius 3 is 2.39 bits per heavy atom. The lowest BCUT2D eigenvalue weighted by molar-refractivity contribution is -0.885. The molecule has 0 aliphatic rings. The molecule has 23 heavy (non-hydrogen) atoms. The Kier molecular flexibility index (Phi) is 4.69. The van der Waals surface area contributed by atoms with Crippen LogP contribution in [0, 0.1) is 0 Å². The first-order valence-electron chi connectivity index (χ1n) is 7.84. The molecule has 0 fully saturated rings. The van der Waals surface area contributed by atoms with Gasteiger partial charge >= 0.3 is 0 Å². The molecule has 0 aliphatic heterocycles. The number of hydrogen-bond donors (Lipinski definition) is 2. The maximum absolute atomic E-state index is 12.2. The van der Waals surface area contributed by atoms with E-state index in [9.17, 15) is 4.79 Å². The van der Waals surface area contributed by atoms with Crippen molar-refractivity contribution in [3.05, 3.63) is 78.4 Å². The molecule has 0 radical (unpaired) electrons. The van der Waals surface area contributed by atoms with Crippen LogP contribution in [0.3, 0.4) is 0 Å². The summed E-state index contributed by atoms with van der Waals surface area (Å²) in [5, 5.41) is 5.30. The van der Waals surface area contributed by atoms with Crippen LogP contribution >= 0.6 is 0 Å². The molecule has 116 valence electrons. The van der Waals surface area contributed by atoms with Crippen molar-refractivity contribution >= 4 is 22.4 Å². The van der Waals surface area contributed by atoms with Crippen molar-refractivity contribution < 1.29 is 9.69 Å². The van der Waals surface area contributed by atoms with Gasteiger partial charge in [0.2, 0.25) is 0 Å². The number of carbonyl (C=O) groups is 1. The van der Waals surface area contributed by atoms with Crippen molar-refractivity contribution in [1.82, 2.24) is 0 Å². The Labute approximate surface area is 136 Å². The van der Waals surface area contributed by atoms with Crippen LogP contribution in [0.4, 0.5) is 5.69 Å². The maximum Gasteiger partial charge on any atom is 0.279 e. The maximum atomic E-state index is 12.2. The van der Waals surface area contributed by atoms with E-state index in [1.165, 1.54) is 10.9 Å². The van der Waals surface area contributed by atoms with Gasteiger partial charge in [0.15, 0.2) is 6.54 Å². The van der Waals surface area contributed by atoms with E-state index in [1.807, 2.05) is 55.6 Å². The van der Waals surface area contributed by atoms with Crippen molar-refractivity contribution in [3.8, 4) is 0 Å². The van der Waals surface area contributed by atoms with Crippen molar-refractivity contribution in [2.24, 2.45) is 0 Å². The third kappa shape index (κ3) is 4.18. The molecule has 1 unspecified atom stereocenters. The van der Waals surface area contributed by atoms with Crippen LogP contribution in [0.1, 0.15) is 5.56 Å². The number of nitrogens with one attached hydrogen (secondary N) is 2. The van der Waals surface area contributed by atoms with Crippen molar-refractivity contribution in [2.75, 3.05) is 18.9 Å². The van der Waals surface area contributed by atoms with Gasteiger partial charge in [-0.1, -0.05) is 60.7 Å². The molecular formula is C20H21N2O+. The van der Waals surface area contributed by atoms with Crippen molar-refractivity contribution in [3.63, 3.8) is 0 Å². The molecule has 3 rings (SSSR count). The predicted molar refractivity (Wildman–Crippen MR) is 94.5 cm³/mol. The lowest BCUT2D eigenvalue weighted by Crippen LogP contribution is -3.08. The van der Waals surface area contributed by atoms with Gasteiger partial charge in [-0.3, -0.25) is 4.79 Å². The molecule has 0 bridgehead atoms. The summed E-state index contributed by atoms with van der Waals surface area (Å²) < 4.78 is 0. The first-order valence-corrected chi connectivity index (χ1v) is 7.84. The number of fused-ring (bicyclic) bond motifs is 1. The molecule has 3 heteroatoms. The average molecular weight is 305 g/mol. The summed E-state index contributed by atoms with van der Waals surface area (Å²) in [6.45, 7) is 1.29. The number of amides is 1. The number of quaternary nitrogens is 1. The minimum absolute atomic E-state index is 0.0358. The fourth-order valence-electron chi connectivity index (χ4n) is 2.75. The second kappa shape index (κ2) is 7.07. The number of hydrogen-bond acceptors (Lipinski definition) is 1. The molecule has 0 saturated heterocycles. The molecule has 0 aromatic heterocycles. The van der Waals surface area contributed by atoms with Gasteiger partial charge in [0, 0.05) is 11.3 Å². The Morgan fingerprint density at radius 2 is 1.61 bits per heavy atom. The quantitative estimate of drug-likeness (QED) is 0.746. The standard InChI is InChI=1S/C20H20N2O/c1-22(14-16-7-3-2-4-8-16)15-20(23)21-19-12-11-17-9-5-6-10-18(17)13-19/h2-13H,14-15H2,1H3,(H,21,23)/p+1. The third-order valence-corrected chi connectivity index (χ3v) is 3.84. The normalized spacial score (nSPS) is 12.0. The van der Waals surface area contributed by atoms with E-state index in [0.717, 1.165) is 22.5 Å². The zero-order valence-electron chi connectivity index (χ0n) is 13.3. The Hall–Kier alpha value is -2.65. The zero-order valence-corrected chi connectivity index (χ0v) is 13.3. The first kappa shape index (κ1) is 15.3. The van der Waals surface area contributed by atoms with Crippen LogP contribution in [0.25, 0.3) is 10.8 Å². The molecule has 1 amide bonds. The average Bonchev–Trinajstić information content (AvgIpc) is 2.55. The number of benzene rings is 3. The largest absolute Gasteiger partial charge is 0.326 e. The smallest absolute Gasteiger partial charge is 0.279 e. The molecule has 0 heterocycles. The highest BCUT2D eigenvalue weighted by Crippen LogP contribution is 2.18. The second-order valence-electron chi connectivity index (χ2n) is 5.91. The van der Waals surface area contributed by atoms with E-state index in [4.69, 9.17) is 0 Å². The second-order valence-corrected chi connectivity index (χ2v) is 5.91. The summed E-state index contributed by atoms with van der Waals surface area (Å²) >= 11 is 0. The molecule has 3 nitrogen and oxygen atoms in total.